The summed E-state index contributed by atoms with van der Waals surface area (Å²) >= 11 is 0. The van der Waals surface area contributed by atoms with E-state index in [9.17, 15) is 0 Å². The van der Waals surface area contributed by atoms with Crippen LogP contribution in [0.2, 0.25) is 0 Å². The fraction of sp³-hybridized carbons (Fsp3) is 0.462. The summed E-state index contributed by atoms with van der Waals surface area (Å²) in [6.45, 7) is 0. The van der Waals surface area contributed by atoms with E-state index in [4.69, 9.17) is 0 Å². The smallest absolute Gasteiger partial charge is 0.00627 e. The maximum Gasteiger partial charge on any atom is -0.00627 e. The van der Waals surface area contributed by atoms with Crippen molar-refractivity contribution in [2.45, 2.75) is 31.6 Å². The average Bonchev–Trinajstić information content (AvgIpc) is 3.00. The highest BCUT2D eigenvalue weighted by Crippen LogP contribution is 2.47. The minimum Gasteiger partial charge on any atom is -0.0620 e. The van der Waals surface area contributed by atoms with E-state index in [0.29, 0.717) is 5.92 Å². The summed E-state index contributed by atoms with van der Waals surface area (Å²) in [4.78, 5) is 0. The molecule has 3 rings (SSSR count). The van der Waals surface area contributed by atoms with Crippen LogP contribution in [-0.2, 0) is 6.42 Å². The van der Waals surface area contributed by atoms with Gasteiger partial charge in [-0.25, -0.2) is 0 Å². The van der Waals surface area contributed by atoms with Crippen molar-refractivity contribution >= 4 is 0 Å². The summed E-state index contributed by atoms with van der Waals surface area (Å²) in [5, 5.41) is 0. The Morgan fingerprint density at radius 3 is 2.85 bits per heavy atom. The van der Waals surface area contributed by atoms with Crippen molar-refractivity contribution in [1.82, 2.24) is 0 Å². The van der Waals surface area contributed by atoms with Crippen molar-refractivity contribution < 1.29 is 0 Å². The lowest BCUT2D eigenvalue weighted by molar-refractivity contribution is 0.613. The molecule has 0 saturated heterocycles. The number of aryl methyl sites for hydroxylation is 1. The lowest BCUT2D eigenvalue weighted by atomic mass is 9.80. The van der Waals surface area contributed by atoms with Gasteiger partial charge in [-0.3, -0.25) is 0 Å². The van der Waals surface area contributed by atoms with E-state index in [1.807, 2.05) is 0 Å². The molecule has 0 heteroatoms. The first kappa shape index (κ1) is 7.61. The van der Waals surface area contributed by atoms with Gasteiger partial charge in [0.2, 0.25) is 0 Å². The molecule has 1 unspecified atom stereocenters. The maximum atomic E-state index is 3.64. The van der Waals surface area contributed by atoms with E-state index in [-0.39, 0.29) is 0 Å². The second-order valence-corrected chi connectivity index (χ2v) is 4.22. The highest BCUT2D eigenvalue weighted by Gasteiger charge is 2.34. The van der Waals surface area contributed by atoms with Crippen LogP contribution < -0.4 is 0 Å². The second kappa shape index (κ2) is 2.87. The highest BCUT2D eigenvalue weighted by atomic mass is 14.4. The molecule has 1 atom stereocenters. The number of benzene rings is 1. The van der Waals surface area contributed by atoms with Gasteiger partial charge in [-0.1, -0.05) is 24.3 Å². The standard InChI is InChI=1S/C13H14/c1-2-6-12-10(4-1)5-3-7-13(12)11-8-9-11/h1-2,4,6,11,13H,3,5,8-9H2. The minimum absolute atomic E-state index is 0.671. The zero-order chi connectivity index (χ0) is 8.67. The van der Waals surface area contributed by atoms with Crippen molar-refractivity contribution in [1.29, 1.82) is 0 Å². The van der Waals surface area contributed by atoms with Gasteiger partial charge in [0.05, 0.1) is 0 Å². The van der Waals surface area contributed by atoms with Gasteiger partial charge in [0.15, 0.2) is 0 Å². The Balaban J connectivity index is 2.00. The quantitative estimate of drug-likeness (QED) is 0.607. The SMILES string of the molecule is [C]1CCc2ccccc2C1C1CC1. The van der Waals surface area contributed by atoms with Crippen molar-refractivity contribution in [2.24, 2.45) is 5.92 Å². The average molecular weight is 170 g/mol. The fourth-order valence-electron chi connectivity index (χ4n) is 2.39. The molecule has 66 valence electrons. The van der Waals surface area contributed by atoms with E-state index in [2.05, 4.69) is 30.7 Å². The molecule has 0 amide bonds. The van der Waals surface area contributed by atoms with Crippen molar-refractivity contribution in [3.05, 3.63) is 41.8 Å². The lowest BCUT2D eigenvalue weighted by Crippen LogP contribution is -2.11. The van der Waals surface area contributed by atoms with Gasteiger partial charge < -0.3 is 0 Å². The molecular weight excluding hydrogens is 156 g/mol. The van der Waals surface area contributed by atoms with E-state index in [0.717, 1.165) is 12.3 Å². The van der Waals surface area contributed by atoms with Crippen LogP contribution in [0.3, 0.4) is 0 Å². The van der Waals surface area contributed by atoms with Gasteiger partial charge in [-0.2, -0.15) is 0 Å². The molecular formula is C13H14. The van der Waals surface area contributed by atoms with E-state index in [1.54, 1.807) is 11.1 Å². The van der Waals surface area contributed by atoms with Crippen LogP contribution in [0.15, 0.2) is 24.3 Å². The van der Waals surface area contributed by atoms with Crippen LogP contribution in [0.5, 0.6) is 0 Å². The zero-order valence-corrected chi connectivity index (χ0v) is 7.79. The Bertz CT molecular complexity index is 310. The monoisotopic (exact) mass is 170 g/mol. The van der Waals surface area contributed by atoms with Gasteiger partial charge in [-0.05, 0) is 55.1 Å². The third-order valence-corrected chi connectivity index (χ3v) is 3.24. The third kappa shape index (κ3) is 1.29. The first-order valence-electron chi connectivity index (χ1n) is 5.26. The second-order valence-electron chi connectivity index (χ2n) is 4.22. The Kier molecular flexibility index (Phi) is 1.68. The Morgan fingerprint density at radius 2 is 2.00 bits per heavy atom. The van der Waals surface area contributed by atoms with Crippen LogP contribution >= 0.6 is 0 Å². The minimum atomic E-state index is 0.671. The predicted octanol–water partition coefficient (Wildman–Crippen LogP) is 3.21. The van der Waals surface area contributed by atoms with Crippen molar-refractivity contribution in [3.63, 3.8) is 0 Å². The Labute approximate surface area is 80.0 Å². The lowest BCUT2D eigenvalue weighted by Gasteiger charge is -2.24. The summed E-state index contributed by atoms with van der Waals surface area (Å²) < 4.78 is 0. The van der Waals surface area contributed by atoms with E-state index >= 15 is 0 Å². The van der Waals surface area contributed by atoms with Gasteiger partial charge in [0.1, 0.15) is 0 Å². The Hall–Kier alpha value is -0.780. The van der Waals surface area contributed by atoms with Crippen molar-refractivity contribution in [2.75, 3.05) is 0 Å². The van der Waals surface area contributed by atoms with Gasteiger partial charge in [0.25, 0.3) is 0 Å². The first-order valence-corrected chi connectivity index (χ1v) is 5.26. The van der Waals surface area contributed by atoms with Crippen molar-refractivity contribution in [3.8, 4) is 0 Å². The molecule has 0 heterocycles. The molecule has 1 aromatic rings. The normalized spacial score (nSPS) is 26.9. The van der Waals surface area contributed by atoms with Gasteiger partial charge in [0, 0.05) is 0 Å². The maximum absolute atomic E-state index is 3.64. The van der Waals surface area contributed by atoms with Crippen LogP contribution in [0.25, 0.3) is 0 Å². The molecule has 1 fully saturated rings. The van der Waals surface area contributed by atoms with Crippen LogP contribution in [0.4, 0.5) is 0 Å². The molecule has 0 bridgehead atoms. The van der Waals surface area contributed by atoms with Gasteiger partial charge in [-0.15, -0.1) is 0 Å². The zero-order valence-electron chi connectivity index (χ0n) is 7.79. The van der Waals surface area contributed by atoms with Crippen LogP contribution in [-0.4, -0.2) is 0 Å². The highest BCUT2D eigenvalue weighted by molar-refractivity contribution is 5.36. The van der Waals surface area contributed by atoms with E-state index in [1.165, 1.54) is 19.3 Å². The first-order chi connectivity index (χ1) is 6.45. The number of hydrogen-bond acceptors (Lipinski definition) is 0. The largest absolute Gasteiger partial charge is 0.0620 e. The molecule has 2 aliphatic carbocycles. The Morgan fingerprint density at radius 1 is 1.15 bits per heavy atom. The molecule has 2 radical (unpaired) electrons. The van der Waals surface area contributed by atoms with Crippen LogP contribution in [0, 0.1) is 12.3 Å². The summed E-state index contributed by atoms with van der Waals surface area (Å²) in [5.41, 5.74) is 3.13. The topological polar surface area (TPSA) is 0 Å². The third-order valence-electron chi connectivity index (χ3n) is 3.24. The summed E-state index contributed by atoms with van der Waals surface area (Å²) in [6, 6.07) is 8.91. The summed E-state index contributed by atoms with van der Waals surface area (Å²) in [6.07, 6.45) is 8.86. The summed E-state index contributed by atoms with van der Waals surface area (Å²) in [7, 11) is 0. The van der Waals surface area contributed by atoms with Gasteiger partial charge >= 0.3 is 0 Å². The van der Waals surface area contributed by atoms with Crippen LogP contribution in [0.1, 0.15) is 36.3 Å². The van der Waals surface area contributed by atoms with E-state index < -0.39 is 0 Å². The molecule has 2 aliphatic rings. The molecule has 13 heavy (non-hydrogen) atoms. The fourth-order valence-corrected chi connectivity index (χ4v) is 2.39. The molecule has 1 aromatic carbocycles. The number of hydrogen-bond donors (Lipinski definition) is 0. The predicted molar refractivity (Wildman–Crippen MR) is 53.5 cm³/mol. The molecule has 0 N–H and O–H groups in total. The molecule has 0 aliphatic heterocycles. The number of fused-ring (bicyclic) bond motifs is 1. The molecule has 0 aromatic heterocycles. The number of rotatable bonds is 1. The molecule has 1 saturated carbocycles. The molecule has 0 nitrogen and oxygen atoms in total. The summed E-state index contributed by atoms with van der Waals surface area (Å²) in [5.74, 6) is 1.60. The molecule has 0 spiro atoms.